The van der Waals surface area contributed by atoms with Crippen molar-refractivity contribution < 1.29 is 29.3 Å². The number of aliphatic hydroxyl groups excluding tert-OH is 2. The lowest BCUT2D eigenvalue weighted by Gasteiger charge is -2.59. The van der Waals surface area contributed by atoms with Crippen LogP contribution in [0.3, 0.4) is 0 Å². The van der Waals surface area contributed by atoms with Crippen molar-refractivity contribution >= 4 is 17.3 Å². The Balaban J connectivity index is 1.19. The zero-order chi connectivity index (χ0) is 28.7. The van der Waals surface area contributed by atoms with Crippen LogP contribution in [0, 0.1) is 28.6 Å². The summed E-state index contributed by atoms with van der Waals surface area (Å²) >= 11 is 0. The Labute approximate surface area is 239 Å². The number of hydrogen-bond donors (Lipinski definition) is 3. The minimum atomic E-state index is -1.35. The number of hydrogen-bond acceptors (Lipinski definition) is 7. The van der Waals surface area contributed by atoms with Gasteiger partial charge < -0.3 is 30.0 Å². The molecule has 2 aromatic rings. The standard InChI is InChI=1S/C33H38N2O6/c1-31-10-8-23(37)13-21(31)6-7-24-25-14-28-33(27(39)18-36,32(25,2)15-26(38)29(24)31)41-30(40-28)20-9-11-35(17-20)16-19-4-3-5-22(34)12-19/h3-5,8-13,17,24-26,28-30,36,38H,6-7,14-16,18,34H2,1-2H3/t24-,25-,26-,28+,29+,30+,31-,32-,33+/m0/s1. The first-order valence-corrected chi connectivity index (χ1v) is 14.7. The van der Waals surface area contributed by atoms with Crippen LogP contribution in [-0.4, -0.2) is 50.8 Å². The highest BCUT2D eigenvalue weighted by Gasteiger charge is 2.75. The van der Waals surface area contributed by atoms with Crippen molar-refractivity contribution in [3.63, 3.8) is 0 Å². The van der Waals surface area contributed by atoms with E-state index in [0.717, 1.165) is 29.5 Å². The molecule has 9 atom stereocenters. The van der Waals surface area contributed by atoms with Crippen LogP contribution in [0.4, 0.5) is 5.69 Å². The number of anilines is 1. The Morgan fingerprint density at radius 2 is 2.07 bits per heavy atom. The number of rotatable bonds is 5. The number of allylic oxidation sites excluding steroid dienone is 4. The molecule has 4 fully saturated rings. The molecule has 1 saturated heterocycles. The lowest BCUT2D eigenvalue weighted by molar-refractivity contribution is -0.201. The van der Waals surface area contributed by atoms with Gasteiger partial charge in [0, 0.05) is 46.9 Å². The monoisotopic (exact) mass is 558 g/mol. The molecule has 4 N–H and O–H groups in total. The van der Waals surface area contributed by atoms with Crippen LogP contribution in [0.25, 0.3) is 0 Å². The van der Waals surface area contributed by atoms with Crippen LogP contribution in [0.1, 0.15) is 56.9 Å². The van der Waals surface area contributed by atoms with Gasteiger partial charge in [-0.3, -0.25) is 9.59 Å². The van der Waals surface area contributed by atoms with Crippen molar-refractivity contribution in [1.29, 1.82) is 0 Å². The number of carbonyl (C=O) groups is 2. The summed E-state index contributed by atoms with van der Waals surface area (Å²) in [6.45, 7) is 4.17. The van der Waals surface area contributed by atoms with Gasteiger partial charge in [0.05, 0.1) is 12.2 Å². The number of benzene rings is 1. The van der Waals surface area contributed by atoms with Crippen molar-refractivity contribution in [3.8, 4) is 0 Å². The van der Waals surface area contributed by atoms with E-state index >= 15 is 0 Å². The van der Waals surface area contributed by atoms with E-state index < -0.39 is 41.5 Å². The first kappa shape index (κ1) is 26.8. The number of nitrogen functional groups attached to an aromatic ring is 1. The summed E-state index contributed by atoms with van der Waals surface area (Å²) in [5, 5.41) is 22.0. The lowest BCUT2D eigenvalue weighted by atomic mass is 9.46. The number of nitrogens with zero attached hydrogens (tertiary/aromatic N) is 1. The van der Waals surface area contributed by atoms with Gasteiger partial charge in [-0.25, -0.2) is 0 Å². The molecule has 0 radical (unpaired) electrons. The van der Waals surface area contributed by atoms with Crippen molar-refractivity contribution in [2.45, 2.75) is 70.2 Å². The smallest absolute Gasteiger partial charge is 0.193 e. The fourth-order valence-electron chi connectivity index (χ4n) is 9.43. The molecule has 3 saturated carbocycles. The van der Waals surface area contributed by atoms with Gasteiger partial charge in [0.2, 0.25) is 0 Å². The van der Waals surface area contributed by atoms with Gasteiger partial charge >= 0.3 is 0 Å². The summed E-state index contributed by atoms with van der Waals surface area (Å²) in [4.78, 5) is 25.9. The minimum Gasteiger partial charge on any atom is -0.399 e. The summed E-state index contributed by atoms with van der Waals surface area (Å²) < 4.78 is 15.3. The largest absolute Gasteiger partial charge is 0.399 e. The molecule has 0 spiro atoms. The second-order valence-electron chi connectivity index (χ2n) is 13.2. The molecule has 1 aliphatic heterocycles. The molecule has 2 heterocycles. The summed E-state index contributed by atoms with van der Waals surface area (Å²) in [7, 11) is 0. The molecular weight excluding hydrogens is 520 g/mol. The van der Waals surface area contributed by atoms with E-state index in [2.05, 4.69) is 13.8 Å². The van der Waals surface area contributed by atoms with Crippen LogP contribution in [-0.2, 0) is 25.6 Å². The molecule has 0 unspecified atom stereocenters. The number of ketones is 2. The van der Waals surface area contributed by atoms with Crippen molar-refractivity contribution in [1.82, 2.24) is 4.57 Å². The van der Waals surface area contributed by atoms with Gasteiger partial charge in [-0.05, 0) is 73.4 Å². The van der Waals surface area contributed by atoms with Crippen LogP contribution < -0.4 is 5.73 Å². The van der Waals surface area contributed by atoms with Gasteiger partial charge in [-0.2, -0.15) is 0 Å². The summed E-state index contributed by atoms with van der Waals surface area (Å²) in [6.07, 6.45) is 9.88. The van der Waals surface area contributed by atoms with Gasteiger partial charge in [-0.1, -0.05) is 37.6 Å². The van der Waals surface area contributed by atoms with E-state index in [1.54, 1.807) is 12.2 Å². The maximum absolute atomic E-state index is 13.7. The second-order valence-corrected chi connectivity index (χ2v) is 13.2. The molecule has 1 aromatic carbocycles. The van der Waals surface area contributed by atoms with E-state index in [-0.39, 0.29) is 29.3 Å². The maximum atomic E-state index is 13.7. The molecule has 8 nitrogen and oxygen atoms in total. The van der Waals surface area contributed by atoms with Gasteiger partial charge in [0.25, 0.3) is 0 Å². The normalized spacial score (nSPS) is 40.9. The zero-order valence-electron chi connectivity index (χ0n) is 23.5. The van der Waals surface area contributed by atoms with Crippen LogP contribution in [0.2, 0.25) is 0 Å². The van der Waals surface area contributed by atoms with Gasteiger partial charge in [0.1, 0.15) is 6.61 Å². The summed E-state index contributed by atoms with van der Waals surface area (Å²) in [6, 6.07) is 9.68. The van der Waals surface area contributed by atoms with E-state index in [0.29, 0.717) is 25.1 Å². The average Bonchev–Trinajstić information content (AvgIpc) is 3.61. The fraction of sp³-hybridized carbons (Fsp3) is 0.515. The number of nitrogens with two attached hydrogens (primary N) is 1. The third-order valence-corrected chi connectivity index (χ3v) is 11.2. The number of ether oxygens (including phenoxy) is 2. The van der Waals surface area contributed by atoms with Crippen molar-refractivity contribution in [2.75, 3.05) is 12.3 Å². The Bertz CT molecular complexity index is 1480. The summed E-state index contributed by atoms with van der Waals surface area (Å²) in [5.74, 6) is -0.256. The van der Waals surface area contributed by atoms with E-state index in [4.69, 9.17) is 15.2 Å². The Hall–Kier alpha value is -3.04. The lowest BCUT2D eigenvalue weighted by Crippen LogP contribution is -2.63. The Morgan fingerprint density at radius 3 is 2.85 bits per heavy atom. The molecule has 41 heavy (non-hydrogen) atoms. The Morgan fingerprint density at radius 1 is 1.24 bits per heavy atom. The predicted molar refractivity (Wildman–Crippen MR) is 151 cm³/mol. The number of fused-ring (bicyclic) bond motifs is 7. The zero-order valence-corrected chi connectivity index (χ0v) is 23.5. The molecule has 0 amide bonds. The van der Waals surface area contributed by atoms with Gasteiger partial charge in [0.15, 0.2) is 23.5 Å². The molecule has 8 heteroatoms. The van der Waals surface area contributed by atoms with Crippen LogP contribution in [0.15, 0.2) is 66.5 Å². The number of carbonyl (C=O) groups excluding carboxylic acids is 2. The Kier molecular flexibility index (Phi) is 6.04. The highest BCUT2D eigenvalue weighted by molar-refractivity contribution is 6.01. The highest BCUT2D eigenvalue weighted by Crippen LogP contribution is 2.70. The number of Topliss-reactive ketones (excluding diaryl/α,β-unsaturated/α-hetero) is 1. The maximum Gasteiger partial charge on any atom is 0.193 e. The number of aliphatic hydroxyl groups is 2. The highest BCUT2D eigenvalue weighted by atomic mass is 16.7. The second kappa shape index (κ2) is 9.23. The fourth-order valence-corrected chi connectivity index (χ4v) is 9.43. The van der Waals surface area contributed by atoms with E-state index in [1.807, 2.05) is 53.4 Å². The molecule has 4 aliphatic carbocycles. The van der Waals surface area contributed by atoms with Crippen molar-refractivity contribution in [2.24, 2.45) is 28.6 Å². The van der Waals surface area contributed by atoms with E-state index in [9.17, 15) is 19.8 Å². The van der Waals surface area contributed by atoms with Crippen molar-refractivity contribution in [3.05, 3.63) is 77.7 Å². The topological polar surface area (TPSA) is 124 Å². The van der Waals surface area contributed by atoms with Crippen LogP contribution in [0.5, 0.6) is 0 Å². The quantitative estimate of drug-likeness (QED) is 0.478. The first-order chi connectivity index (χ1) is 19.6. The minimum absolute atomic E-state index is 0.00327. The average molecular weight is 559 g/mol. The van der Waals surface area contributed by atoms with Gasteiger partial charge in [-0.15, -0.1) is 0 Å². The third kappa shape index (κ3) is 3.74. The number of aromatic nitrogens is 1. The predicted octanol–water partition coefficient (Wildman–Crippen LogP) is 3.72. The first-order valence-electron chi connectivity index (χ1n) is 14.7. The molecular formula is C33H38N2O6. The van der Waals surface area contributed by atoms with E-state index in [1.165, 1.54) is 0 Å². The SMILES string of the molecule is C[C@]12C=CC(=O)C=C1CC[C@@H]1[C@@H]2[C@@H](O)C[C@@]2(C)[C@H]1C[C@H]1O[C@@H](c3ccn(Cc4cccc(N)c4)c3)O[C@]12C(=O)CO. The third-order valence-electron chi connectivity index (χ3n) is 11.2. The van der Waals surface area contributed by atoms with Crippen LogP contribution >= 0.6 is 0 Å². The summed E-state index contributed by atoms with van der Waals surface area (Å²) in [5.41, 5.74) is 7.15. The molecule has 5 aliphatic rings. The molecule has 7 rings (SSSR count). The molecule has 216 valence electrons. The molecule has 0 bridgehead atoms. The molecule has 1 aromatic heterocycles.